The molecule has 2 rings (SSSR count). The molecular weight excluding hydrogens is 508 g/mol. The topological polar surface area (TPSA) is 77.5 Å². The first-order valence-corrected chi connectivity index (χ1v) is 14.2. The van der Waals surface area contributed by atoms with Crippen LogP contribution >= 0.6 is 0 Å². The third-order valence-corrected chi connectivity index (χ3v) is 7.09. The molecule has 0 aromatic heterocycles. The quantitative estimate of drug-likeness (QED) is 0.202. The van der Waals surface area contributed by atoms with E-state index >= 15 is 0 Å². The summed E-state index contributed by atoms with van der Waals surface area (Å²) in [5, 5.41) is 0. The fourth-order valence-electron chi connectivity index (χ4n) is 4.56. The van der Waals surface area contributed by atoms with Gasteiger partial charge in [0.25, 0.3) is 0 Å². The van der Waals surface area contributed by atoms with Crippen molar-refractivity contribution < 1.29 is 28.5 Å². The first kappa shape index (κ1) is 33.1. The molecule has 0 aliphatic heterocycles. The number of hydrogen-bond donors (Lipinski definition) is 0. The van der Waals surface area contributed by atoms with Crippen molar-refractivity contribution in [3.63, 3.8) is 0 Å². The summed E-state index contributed by atoms with van der Waals surface area (Å²) in [6.07, 6.45) is 0. The number of carbonyl (C=O) groups is 2. The largest absolute Gasteiger partial charge is 0.491 e. The number of para-hydroxylation sites is 2. The van der Waals surface area contributed by atoms with E-state index in [1.165, 1.54) is 0 Å². The van der Waals surface area contributed by atoms with Crippen molar-refractivity contribution in [2.45, 2.75) is 67.5 Å². The SMILES string of the molecule is CCN(CC(=O)OCCOC(=O)CN(CC)C(C)COc1c(C)cccc1C)C(C)COc1c(C)cccc1C. The Labute approximate surface area is 240 Å². The number of rotatable bonds is 17. The van der Waals surface area contributed by atoms with Crippen LogP contribution in [0.5, 0.6) is 11.5 Å². The lowest BCUT2D eigenvalue weighted by Gasteiger charge is -2.27. The van der Waals surface area contributed by atoms with Crippen LogP contribution < -0.4 is 9.47 Å². The Morgan fingerprint density at radius 2 is 0.975 bits per heavy atom. The first-order valence-electron chi connectivity index (χ1n) is 14.2. The van der Waals surface area contributed by atoms with E-state index in [0.717, 1.165) is 33.8 Å². The van der Waals surface area contributed by atoms with Gasteiger partial charge >= 0.3 is 11.9 Å². The molecule has 40 heavy (non-hydrogen) atoms. The van der Waals surface area contributed by atoms with E-state index in [1.807, 2.05) is 102 Å². The van der Waals surface area contributed by atoms with Gasteiger partial charge in [0, 0.05) is 12.1 Å². The maximum atomic E-state index is 12.4. The van der Waals surface area contributed by atoms with Gasteiger partial charge in [-0.15, -0.1) is 0 Å². The summed E-state index contributed by atoms with van der Waals surface area (Å²) in [7, 11) is 0. The lowest BCUT2D eigenvalue weighted by atomic mass is 10.1. The highest BCUT2D eigenvalue weighted by Gasteiger charge is 2.20. The summed E-state index contributed by atoms with van der Waals surface area (Å²) in [5.74, 6) is 1.06. The van der Waals surface area contributed by atoms with Crippen LogP contribution in [-0.2, 0) is 19.1 Å². The molecular formula is C32H48N2O6. The Morgan fingerprint density at radius 1 is 0.650 bits per heavy atom. The highest BCUT2D eigenvalue weighted by molar-refractivity contribution is 5.72. The van der Waals surface area contributed by atoms with Crippen LogP contribution in [0.3, 0.4) is 0 Å². The predicted molar refractivity (Wildman–Crippen MR) is 158 cm³/mol. The lowest BCUT2D eigenvalue weighted by molar-refractivity contribution is -0.154. The zero-order valence-electron chi connectivity index (χ0n) is 25.6. The van der Waals surface area contributed by atoms with Gasteiger partial charge in [0.15, 0.2) is 0 Å². The molecule has 2 atom stereocenters. The molecule has 0 aliphatic carbocycles. The Balaban J connectivity index is 1.70. The van der Waals surface area contributed by atoms with Crippen LogP contribution in [0.15, 0.2) is 36.4 Å². The number of nitrogens with zero attached hydrogens (tertiary/aromatic N) is 2. The van der Waals surface area contributed by atoms with E-state index in [-0.39, 0.29) is 50.3 Å². The van der Waals surface area contributed by atoms with Crippen LogP contribution in [0.25, 0.3) is 0 Å². The molecule has 2 aromatic carbocycles. The smallest absolute Gasteiger partial charge is 0.320 e. The van der Waals surface area contributed by atoms with E-state index in [1.54, 1.807) is 0 Å². The molecule has 8 nitrogen and oxygen atoms in total. The molecule has 0 heterocycles. The molecule has 0 amide bonds. The van der Waals surface area contributed by atoms with Crippen molar-refractivity contribution in [2.24, 2.45) is 0 Å². The third-order valence-electron chi connectivity index (χ3n) is 7.09. The van der Waals surface area contributed by atoms with Gasteiger partial charge in [-0.2, -0.15) is 0 Å². The van der Waals surface area contributed by atoms with Crippen molar-refractivity contribution in [3.8, 4) is 11.5 Å². The van der Waals surface area contributed by atoms with Crippen LogP contribution in [0.1, 0.15) is 49.9 Å². The van der Waals surface area contributed by atoms with Crippen LogP contribution in [-0.4, -0.2) is 86.4 Å². The van der Waals surface area contributed by atoms with Crippen LogP contribution in [0.4, 0.5) is 0 Å². The average molecular weight is 557 g/mol. The van der Waals surface area contributed by atoms with Crippen LogP contribution in [0, 0.1) is 27.7 Å². The summed E-state index contributed by atoms with van der Waals surface area (Å²) < 4.78 is 22.8. The number of esters is 2. The zero-order chi connectivity index (χ0) is 29.7. The van der Waals surface area contributed by atoms with E-state index in [2.05, 4.69) is 0 Å². The molecule has 0 aliphatic rings. The normalized spacial score (nSPS) is 12.8. The number of likely N-dealkylation sites (N-methyl/N-ethyl adjacent to an activating group) is 2. The highest BCUT2D eigenvalue weighted by atomic mass is 16.6. The van der Waals surface area contributed by atoms with Crippen molar-refractivity contribution >= 4 is 11.9 Å². The summed E-state index contributed by atoms with van der Waals surface area (Å²) in [5.41, 5.74) is 4.36. The second-order valence-electron chi connectivity index (χ2n) is 10.3. The van der Waals surface area contributed by atoms with Gasteiger partial charge in [-0.25, -0.2) is 0 Å². The molecule has 0 fully saturated rings. The highest BCUT2D eigenvalue weighted by Crippen LogP contribution is 2.23. The Kier molecular flexibility index (Phi) is 14.0. The molecule has 0 saturated carbocycles. The monoisotopic (exact) mass is 556 g/mol. The fourth-order valence-corrected chi connectivity index (χ4v) is 4.56. The minimum absolute atomic E-state index is 0.0206. The van der Waals surface area contributed by atoms with Gasteiger partial charge in [0.05, 0.1) is 13.1 Å². The fraction of sp³-hybridized carbons (Fsp3) is 0.562. The Morgan fingerprint density at radius 3 is 1.27 bits per heavy atom. The molecule has 2 unspecified atom stereocenters. The molecule has 0 spiro atoms. The van der Waals surface area contributed by atoms with E-state index in [0.29, 0.717) is 26.3 Å². The molecule has 0 radical (unpaired) electrons. The zero-order valence-corrected chi connectivity index (χ0v) is 25.6. The molecule has 8 heteroatoms. The molecule has 2 aromatic rings. The number of ether oxygens (including phenoxy) is 4. The van der Waals surface area contributed by atoms with Gasteiger partial charge < -0.3 is 18.9 Å². The van der Waals surface area contributed by atoms with E-state index < -0.39 is 0 Å². The minimum atomic E-state index is -0.357. The van der Waals surface area contributed by atoms with Crippen molar-refractivity contribution in [3.05, 3.63) is 58.7 Å². The number of aryl methyl sites for hydroxylation is 4. The van der Waals surface area contributed by atoms with E-state index in [9.17, 15) is 9.59 Å². The maximum Gasteiger partial charge on any atom is 0.320 e. The number of carbonyl (C=O) groups excluding carboxylic acids is 2. The summed E-state index contributed by atoms with van der Waals surface area (Å²) in [6.45, 7) is 18.8. The van der Waals surface area contributed by atoms with Crippen molar-refractivity contribution in [1.82, 2.24) is 9.80 Å². The number of hydrogen-bond acceptors (Lipinski definition) is 8. The molecule has 0 N–H and O–H groups in total. The van der Waals surface area contributed by atoms with Crippen molar-refractivity contribution in [1.29, 1.82) is 0 Å². The lowest BCUT2D eigenvalue weighted by Crippen LogP contribution is -2.42. The average Bonchev–Trinajstić information content (AvgIpc) is 2.91. The Bertz CT molecular complexity index is 963. The predicted octanol–water partition coefficient (Wildman–Crippen LogP) is 4.89. The molecule has 0 saturated heterocycles. The van der Waals surface area contributed by atoms with Crippen molar-refractivity contribution in [2.75, 3.05) is 52.6 Å². The van der Waals surface area contributed by atoms with Gasteiger partial charge in [-0.05, 0) is 76.9 Å². The van der Waals surface area contributed by atoms with E-state index in [4.69, 9.17) is 18.9 Å². The molecule has 0 bridgehead atoms. The minimum Gasteiger partial charge on any atom is -0.491 e. The summed E-state index contributed by atoms with van der Waals surface area (Å²) in [4.78, 5) is 28.9. The van der Waals surface area contributed by atoms with Crippen LogP contribution in [0.2, 0.25) is 0 Å². The van der Waals surface area contributed by atoms with Gasteiger partial charge in [0.1, 0.15) is 37.9 Å². The summed E-state index contributed by atoms with van der Waals surface area (Å²) >= 11 is 0. The number of benzene rings is 2. The molecule has 222 valence electrons. The Hall–Kier alpha value is -3.10. The first-order chi connectivity index (χ1) is 19.1. The second kappa shape index (κ2) is 16.9. The third kappa shape index (κ3) is 10.5. The second-order valence-corrected chi connectivity index (χ2v) is 10.3. The summed E-state index contributed by atoms with van der Waals surface area (Å²) in [6, 6.07) is 12.2. The standard InChI is InChI=1S/C32H48N2O6/c1-9-33(27(7)21-39-31-23(3)13-11-14-24(31)4)19-29(35)37-17-18-38-30(36)20-34(10-2)28(8)22-40-32-25(5)15-12-16-26(32)6/h11-16,27-28H,9-10,17-22H2,1-8H3. The van der Waals surface area contributed by atoms with Gasteiger partial charge in [-0.1, -0.05) is 50.2 Å². The van der Waals surface area contributed by atoms with Gasteiger partial charge in [-0.3, -0.25) is 19.4 Å². The van der Waals surface area contributed by atoms with Gasteiger partial charge in [0.2, 0.25) is 0 Å². The maximum absolute atomic E-state index is 12.4.